The summed E-state index contributed by atoms with van der Waals surface area (Å²) in [4.78, 5) is 0. The van der Waals surface area contributed by atoms with Crippen LogP contribution in [0.2, 0.25) is 0 Å². The summed E-state index contributed by atoms with van der Waals surface area (Å²) >= 11 is 0. The monoisotopic (exact) mass is 267 g/mol. The SMILES string of the molecule is C=C(C)c1ccc(NC(C)c2ccccc2OC)cc1. The van der Waals surface area contributed by atoms with Gasteiger partial charge < -0.3 is 10.1 Å². The Morgan fingerprint density at radius 2 is 1.75 bits per heavy atom. The van der Waals surface area contributed by atoms with E-state index in [1.165, 1.54) is 5.56 Å². The van der Waals surface area contributed by atoms with Gasteiger partial charge in [0.15, 0.2) is 0 Å². The molecule has 2 aromatic rings. The lowest BCUT2D eigenvalue weighted by Crippen LogP contribution is -2.08. The van der Waals surface area contributed by atoms with Crippen molar-refractivity contribution in [1.29, 1.82) is 0 Å². The molecule has 20 heavy (non-hydrogen) atoms. The number of ether oxygens (including phenoxy) is 1. The molecule has 2 heteroatoms. The summed E-state index contributed by atoms with van der Waals surface area (Å²) in [5, 5.41) is 3.49. The molecule has 2 aromatic carbocycles. The van der Waals surface area contributed by atoms with E-state index in [0.29, 0.717) is 0 Å². The molecule has 0 amide bonds. The standard InChI is InChI=1S/C18H21NO/c1-13(2)15-9-11-16(12-10-15)19-14(3)17-7-5-6-8-18(17)20-4/h5-12,14,19H,1H2,2-4H3. The molecular weight excluding hydrogens is 246 g/mol. The van der Waals surface area contributed by atoms with E-state index >= 15 is 0 Å². The van der Waals surface area contributed by atoms with Gasteiger partial charge in [-0.25, -0.2) is 0 Å². The largest absolute Gasteiger partial charge is 0.496 e. The van der Waals surface area contributed by atoms with Crippen LogP contribution in [-0.4, -0.2) is 7.11 Å². The van der Waals surface area contributed by atoms with Crippen molar-refractivity contribution in [2.75, 3.05) is 12.4 Å². The quantitative estimate of drug-likeness (QED) is 0.831. The lowest BCUT2D eigenvalue weighted by atomic mass is 10.1. The molecule has 0 fully saturated rings. The van der Waals surface area contributed by atoms with Crippen LogP contribution < -0.4 is 10.1 Å². The summed E-state index contributed by atoms with van der Waals surface area (Å²) < 4.78 is 5.40. The minimum absolute atomic E-state index is 0.182. The van der Waals surface area contributed by atoms with Gasteiger partial charge in [0.25, 0.3) is 0 Å². The minimum Gasteiger partial charge on any atom is -0.496 e. The minimum atomic E-state index is 0.182. The molecule has 0 radical (unpaired) electrons. The molecule has 2 nitrogen and oxygen atoms in total. The highest BCUT2D eigenvalue weighted by Crippen LogP contribution is 2.27. The summed E-state index contributed by atoms with van der Waals surface area (Å²) in [6, 6.07) is 16.6. The summed E-state index contributed by atoms with van der Waals surface area (Å²) in [5.74, 6) is 0.908. The van der Waals surface area contributed by atoms with Gasteiger partial charge in [-0.1, -0.05) is 42.5 Å². The molecule has 1 atom stereocenters. The molecule has 0 saturated heterocycles. The van der Waals surface area contributed by atoms with Crippen molar-refractivity contribution in [3.8, 4) is 5.75 Å². The highest BCUT2D eigenvalue weighted by Gasteiger charge is 2.10. The van der Waals surface area contributed by atoms with Crippen molar-refractivity contribution < 1.29 is 4.74 Å². The lowest BCUT2D eigenvalue weighted by molar-refractivity contribution is 0.408. The zero-order valence-corrected chi connectivity index (χ0v) is 12.3. The zero-order valence-electron chi connectivity index (χ0n) is 12.3. The number of hydrogen-bond donors (Lipinski definition) is 1. The van der Waals surface area contributed by atoms with E-state index in [1.807, 2.05) is 25.1 Å². The molecule has 0 saturated carbocycles. The Bertz CT molecular complexity index is 587. The molecule has 2 rings (SSSR count). The predicted molar refractivity (Wildman–Crippen MR) is 86.2 cm³/mol. The third kappa shape index (κ3) is 3.21. The van der Waals surface area contributed by atoms with Gasteiger partial charge in [-0.15, -0.1) is 0 Å². The Hall–Kier alpha value is -2.22. The maximum Gasteiger partial charge on any atom is 0.124 e. The van der Waals surface area contributed by atoms with Crippen molar-refractivity contribution in [2.24, 2.45) is 0 Å². The van der Waals surface area contributed by atoms with Gasteiger partial charge >= 0.3 is 0 Å². The fourth-order valence-electron chi connectivity index (χ4n) is 2.20. The van der Waals surface area contributed by atoms with Crippen LogP contribution in [0.25, 0.3) is 5.57 Å². The van der Waals surface area contributed by atoms with Gasteiger partial charge in [-0.2, -0.15) is 0 Å². The van der Waals surface area contributed by atoms with Crippen LogP contribution in [0.1, 0.15) is 31.0 Å². The first kappa shape index (κ1) is 14.2. The number of para-hydroxylation sites is 1. The van der Waals surface area contributed by atoms with Gasteiger partial charge in [0.1, 0.15) is 5.75 Å². The summed E-state index contributed by atoms with van der Waals surface area (Å²) in [5.41, 5.74) is 4.49. The highest BCUT2D eigenvalue weighted by atomic mass is 16.5. The fraction of sp³-hybridized carbons (Fsp3) is 0.222. The topological polar surface area (TPSA) is 21.3 Å². The van der Waals surface area contributed by atoms with Crippen LogP contribution in [0.4, 0.5) is 5.69 Å². The van der Waals surface area contributed by atoms with Crippen LogP contribution in [-0.2, 0) is 0 Å². The van der Waals surface area contributed by atoms with Crippen LogP contribution in [0, 0.1) is 0 Å². The lowest BCUT2D eigenvalue weighted by Gasteiger charge is -2.18. The Kier molecular flexibility index (Phi) is 4.46. The van der Waals surface area contributed by atoms with Crippen LogP contribution in [0.5, 0.6) is 5.75 Å². The van der Waals surface area contributed by atoms with Gasteiger partial charge in [0, 0.05) is 11.3 Å². The smallest absolute Gasteiger partial charge is 0.124 e. The van der Waals surface area contributed by atoms with E-state index < -0.39 is 0 Å². The van der Waals surface area contributed by atoms with E-state index in [0.717, 1.165) is 22.6 Å². The summed E-state index contributed by atoms with van der Waals surface area (Å²) in [6.45, 7) is 8.09. The average Bonchev–Trinajstić information content (AvgIpc) is 2.47. The summed E-state index contributed by atoms with van der Waals surface area (Å²) in [6.07, 6.45) is 0. The zero-order chi connectivity index (χ0) is 14.5. The molecule has 0 spiro atoms. The van der Waals surface area contributed by atoms with Crippen LogP contribution in [0.15, 0.2) is 55.1 Å². The second kappa shape index (κ2) is 6.29. The van der Waals surface area contributed by atoms with Crippen molar-refractivity contribution >= 4 is 11.3 Å². The molecule has 1 unspecified atom stereocenters. The number of nitrogens with one attached hydrogen (secondary N) is 1. The van der Waals surface area contributed by atoms with Crippen molar-refractivity contribution in [2.45, 2.75) is 19.9 Å². The Morgan fingerprint density at radius 1 is 1.10 bits per heavy atom. The molecule has 0 aliphatic heterocycles. The number of rotatable bonds is 5. The number of anilines is 1. The van der Waals surface area contributed by atoms with Crippen molar-refractivity contribution in [3.63, 3.8) is 0 Å². The predicted octanol–water partition coefficient (Wildman–Crippen LogP) is 4.90. The maximum atomic E-state index is 5.40. The fourth-order valence-corrected chi connectivity index (χ4v) is 2.20. The molecule has 0 heterocycles. The first-order valence-corrected chi connectivity index (χ1v) is 6.77. The number of methoxy groups -OCH3 is 1. The molecule has 0 bridgehead atoms. The highest BCUT2D eigenvalue weighted by molar-refractivity contribution is 5.63. The number of allylic oxidation sites excluding steroid dienone is 1. The van der Waals surface area contributed by atoms with Gasteiger partial charge in [0.2, 0.25) is 0 Å². The van der Waals surface area contributed by atoms with Gasteiger partial charge in [0.05, 0.1) is 13.2 Å². The third-order valence-electron chi connectivity index (χ3n) is 3.37. The van der Waals surface area contributed by atoms with Crippen molar-refractivity contribution in [3.05, 3.63) is 66.2 Å². The third-order valence-corrected chi connectivity index (χ3v) is 3.37. The molecule has 0 aliphatic rings. The molecule has 0 aromatic heterocycles. The number of benzene rings is 2. The Balaban J connectivity index is 2.14. The first-order chi connectivity index (χ1) is 9.61. The van der Waals surface area contributed by atoms with E-state index in [-0.39, 0.29) is 6.04 Å². The molecule has 104 valence electrons. The van der Waals surface area contributed by atoms with Gasteiger partial charge in [-0.3, -0.25) is 0 Å². The summed E-state index contributed by atoms with van der Waals surface area (Å²) in [7, 11) is 1.70. The van der Waals surface area contributed by atoms with E-state index in [4.69, 9.17) is 4.74 Å². The van der Waals surface area contributed by atoms with E-state index in [9.17, 15) is 0 Å². The van der Waals surface area contributed by atoms with Crippen LogP contribution >= 0.6 is 0 Å². The van der Waals surface area contributed by atoms with Crippen molar-refractivity contribution in [1.82, 2.24) is 0 Å². The second-order valence-corrected chi connectivity index (χ2v) is 4.97. The molecular formula is C18H21NO. The molecule has 0 aliphatic carbocycles. The Morgan fingerprint density at radius 3 is 2.35 bits per heavy atom. The second-order valence-electron chi connectivity index (χ2n) is 4.97. The maximum absolute atomic E-state index is 5.40. The van der Waals surface area contributed by atoms with E-state index in [2.05, 4.69) is 49.2 Å². The average molecular weight is 267 g/mol. The Labute approximate surface area is 121 Å². The molecule has 1 N–H and O–H groups in total. The normalized spacial score (nSPS) is 11.8. The van der Waals surface area contributed by atoms with Gasteiger partial charge in [-0.05, 0) is 37.6 Å². The number of hydrogen-bond acceptors (Lipinski definition) is 2. The van der Waals surface area contributed by atoms with Crippen LogP contribution in [0.3, 0.4) is 0 Å². The van der Waals surface area contributed by atoms with E-state index in [1.54, 1.807) is 7.11 Å². The first-order valence-electron chi connectivity index (χ1n) is 6.77.